The maximum atomic E-state index is 13.2. The van der Waals surface area contributed by atoms with E-state index in [4.69, 9.17) is 4.42 Å². The molecule has 0 bridgehead atoms. The molecule has 0 radical (unpaired) electrons. The van der Waals surface area contributed by atoms with Crippen LogP contribution in [0.4, 0.5) is 5.69 Å². The van der Waals surface area contributed by atoms with Gasteiger partial charge in [0.25, 0.3) is 11.8 Å². The number of carbonyl (C=O) groups excluding carboxylic acids is 2. The molecule has 1 atom stereocenters. The van der Waals surface area contributed by atoms with Crippen molar-refractivity contribution in [2.75, 3.05) is 38.1 Å². The number of hydrogen-bond acceptors (Lipinski definition) is 5. The van der Waals surface area contributed by atoms with E-state index in [0.717, 1.165) is 0 Å². The highest BCUT2D eigenvalue weighted by molar-refractivity contribution is 9.10. The van der Waals surface area contributed by atoms with Gasteiger partial charge in [-0.25, -0.2) is 0 Å². The third-order valence-corrected chi connectivity index (χ3v) is 5.77. The molecule has 158 valence electrons. The van der Waals surface area contributed by atoms with Crippen LogP contribution in [0.5, 0.6) is 0 Å². The van der Waals surface area contributed by atoms with Gasteiger partial charge in [-0.2, -0.15) is 5.26 Å². The van der Waals surface area contributed by atoms with Crippen molar-refractivity contribution in [3.05, 3.63) is 52.4 Å². The summed E-state index contributed by atoms with van der Waals surface area (Å²) >= 11 is 3.20. The lowest BCUT2D eigenvalue weighted by Crippen LogP contribution is -2.53. The van der Waals surface area contributed by atoms with Crippen molar-refractivity contribution in [3.8, 4) is 6.07 Å². The summed E-state index contributed by atoms with van der Waals surface area (Å²) in [5, 5.41) is 9.43. The summed E-state index contributed by atoms with van der Waals surface area (Å²) in [6, 6.07) is 12.5. The minimum absolute atomic E-state index is 0.122. The zero-order valence-electron chi connectivity index (χ0n) is 17.3. The largest absolute Gasteiger partial charge is 0.444 e. The lowest BCUT2D eigenvalue weighted by molar-refractivity contribution is 0.0577. The van der Waals surface area contributed by atoms with Crippen LogP contribution in [-0.2, 0) is 0 Å². The summed E-state index contributed by atoms with van der Waals surface area (Å²) in [5.41, 5.74) is 0.993. The molecule has 1 aliphatic rings. The highest BCUT2D eigenvalue weighted by Crippen LogP contribution is 2.25. The molecule has 1 aliphatic heterocycles. The molecule has 1 unspecified atom stereocenters. The van der Waals surface area contributed by atoms with Crippen molar-refractivity contribution in [2.45, 2.75) is 19.9 Å². The van der Waals surface area contributed by atoms with Gasteiger partial charge in [-0.15, -0.1) is 0 Å². The fourth-order valence-corrected chi connectivity index (χ4v) is 3.98. The Hall–Kier alpha value is -2.63. The topological polar surface area (TPSA) is 80.8 Å². The Morgan fingerprint density at radius 3 is 2.37 bits per heavy atom. The normalized spacial score (nSPS) is 15.7. The number of nitriles is 1. The smallest absolute Gasteiger partial charge is 0.293 e. The second-order valence-corrected chi connectivity index (χ2v) is 8.41. The van der Waals surface area contributed by atoms with Gasteiger partial charge >= 0.3 is 0 Å². The molecule has 2 amide bonds. The minimum atomic E-state index is -0.334. The first-order valence-corrected chi connectivity index (χ1v) is 10.7. The van der Waals surface area contributed by atoms with Gasteiger partial charge in [-0.1, -0.05) is 26.0 Å². The van der Waals surface area contributed by atoms with E-state index in [9.17, 15) is 14.9 Å². The van der Waals surface area contributed by atoms with Crippen molar-refractivity contribution in [1.82, 2.24) is 9.80 Å². The Morgan fingerprint density at radius 2 is 1.80 bits per heavy atom. The van der Waals surface area contributed by atoms with Crippen LogP contribution in [0.2, 0.25) is 0 Å². The number of carbonyl (C=O) groups is 2. The Labute approximate surface area is 185 Å². The highest BCUT2D eigenvalue weighted by Gasteiger charge is 2.30. The predicted octanol–water partition coefficient (Wildman–Crippen LogP) is 3.62. The summed E-state index contributed by atoms with van der Waals surface area (Å²) in [7, 11) is 1.63. The summed E-state index contributed by atoms with van der Waals surface area (Å²) in [6.45, 7) is 6.46. The van der Waals surface area contributed by atoms with E-state index in [-0.39, 0.29) is 29.5 Å². The molecule has 0 saturated carbocycles. The molecule has 1 fully saturated rings. The third kappa shape index (κ3) is 4.58. The molecule has 1 aromatic carbocycles. The molecule has 0 spiro atoms. The van der Waals surface area contributed by atoms with Gasteiger partial charge < -0.3 is 14.2 Å². The van der Waals surface area contributed by atoms with Crippen LogP contribution in [0.25, 0.3) is 0 Å². The second kappa shape index (κ2) is 9.45. The quantitative estimate of drug-likeness (QED) is 0.663. The lowest BCUT2D eigenvalue weighted by Gasteiger charge is -2.38. The minimum Gasteiger partial charge on any atom is -0.444 e. The van der Waals surface area contributed by atoms with E-state index in [1.165, 1.54) is 4.90 Å². The van der Waals surface area contributed by atoms with Crippen LogP contribution in [0.1, 0.15) is 34.8 Å². The van der Waals surface area contributed by atoms with Crippen LogP contribution in [0.15, 0.2) is 45.5 Å². The third-order valence-electron chi connectivity index (χ3n) is 5.34. The molecule has 0 aliphatic carbocycles. The summed E-state index contributed by atoms with van der Waals surface area (Å²) in [5.74, 6) is -0.0288. The van der Waals surface area contributed by atoms with Crippen LogP contribution in [-0.4, -0.2) is 60.9 Å². The highest BCUT2D eigenvalue weighted by atomic mass is 79.9. The van der Waals surface area contributed by atoms with E-state index in [1.807, 2.05) is 13.8 Å². The first-order valence-electron chi connectivity index (χ1n) is 9.88. The SMILES string of the molecule is CC(C)C(C#N)N1CCN(C(=O)c2ccccc2N(C)C(=O)c2ccc(Br)o2)CC1. The maximum Gasteiger partial charge on any atom is 0.293 e. The Bertz CT molecular complexity index is 957. The number of rotatable bonds is 5. The van der Waals surface area contributed by atoms with Crippen molar-refractivity contribution < 1.29 is 14.0 Å². The van der Waals surface area contributed by atoms with E-state index in [2.05, 4.69) is 26.9 Å². The molecule has 2 aromatic rings. The van der Waals surface area contributed by atoms with E-state index in [0.29, 0.717) is 42.1 Å². The van der Waals surface area contributed by atoms with Crippen LogP contribution >= 0.6 is 15.9 Å². The van der Waals surface area contributed by atoms with Crippen molar-refractivity contribution in [2.24, 2.45) is 5.92 Å². The van der Waals surface area contributed by atoms with Crippen molar-refractivity contribution in [3.63, 3.8) is 0 Å². The first-order chi connectivity index (χ1) is 14.3. The second-order valence-electron chi connectivity index (χ2n) is 7.63. The molecule has 7 nitrogen and oxygen atoms in total. The standard InChI is InChI=1S/C22H25BrN4O3/c1-15(2)18(14-24)26-10-12-27(13-11-26)21(28)16-6-4-5-7-17(16)25(3)22(29)19-8-9-20(23)30-19/h4-9,15,18H,10-13H2,1-3H3. The van der Waals surface area contributed by atoms with Crippen molar-refractivity contribution in [1.29, 1.82) is 5.26 Å². The van der Waals surface area contributed by atoms with Gasteiger partial charge in [0.2, 0.25) is 0 Å². The van der Waals surface area contributed by atoms with Gasteiger partial charge in [0.05, 0.1) is 17.3 Å². The molecular formula is C22H25BrN4O3. The zero-order valence-corrected chi connectivity index (χ0v) is 18.9. The molecule has 0 N–H and O–H groups in total. The molecule has 1 aromatic heterocycles. The number of para-hydroxylation sites is 1. The first kappa shape index (κ1) is 22.1. The summed E-state index contributed by atoms with van der Waals surface area (Å²) < 4.78 is 5.84. The molecule has 2 heterocycles. The number of piperazine rings is 1. The van der Waals surface area contributed by atoms with Gasteiger partial charge in [0.15, 0.2) is 10.4 Å². The number of benzene rings is 1. The maximum absolute atomic E-state index is 13.2. The van der Waals surface area contributed by atoms with Gasteiger partial charge in [-0.05, 0) is 46.1 Å². The zero-order chi connectivity index (χ0) is 21.8. The van der Waals surface area contributed by atoms with E-state index < -0.39 is 0 Å². The summed E-state index contributed by atoms with van der Waals surface area (Å²) in [6.07, 6.45) is 0. The molecule has 1 saturated heterocycles. The lowest BCUT2D eigenvalue weighted by atomic mass is 10.0. The van der Waals surface area contributed by atoms with Gasteiger partial charge in [-0.3, -0.25) is 14.5 Å². The Morgan fingerprint density at radius 1 is 1.13 bits per heavy atom. The number of nitrogens with zero attached hydrogens (tertiary/aromatic N) is 4. The molecule has 3 rings (SSSR count). The average molecular weight is 473 g/mol. The average Bonchev–Trinajstić information content (AvgIpc) is 3.19. The number of amides is 2. The molecule has 30 heavy (non-hydrogen) atoms. The van der Waals surface area contributed by atoms with Gasteiger partial charge in [0, 0.05) is 33.2 Å². The van der Waals surface area contributed by atoms with Crippen molar-refractivity contribution >= 4 is 33.4 Å². The fraction of sp³-hybridized carbons (Fsp3) is 0.409. The number of anilines is 1. The molecular weight excluding hydrogens is 448 g/mol. The van der Waals surface area contributed by atoms with Crippen LogP contribution in [0.3, 0.4) is 0 Å². The predicted molar refractivity (Wildman–Crippen MR) is 117 cm³/mol. The van der Waals surface area contributed by atoms with Crippen LogP contribution in [0, 0.1) is 17.2 Å². The van der Waals surface area contributed by atoms with E-state index in [1.54, 1.807) is 48.3 Å². The molecule has 8 heteroatoms. The fourth-order valence-electron chi connectivity index (χ4n) is 3.68. The summed E-state index contributed by atoms with van der Waals surface area (Å²) in [4.78, 5) is 31.4. The monoisotopic (exact) mass is 472 g/mol. The van der Waals surface area contributed by atoms with Crippen LogP contribution < -0.4 is 4.90 Å². The number of hydrogen-bond donors (Lipinski definition) is 0. The Kier molecular flexibility index (Phi) is 6.95. The van der Waals surface area contributed by atoms with E-state index >= 15 is 0 Å². The number of halogens is 1. The van der Waals surface area contributed by atoms with Gasteiger partial charge in [0.1, 0.15) is 6.04 Å². The number of furan rings is 1. The Balaban J connectivity index is 1.75.